The molecule has 0 amide bonds. The van der Waals surface area contributed by atoms with Crippen LogP contribution < -0.4 is 10.9 Å². The Morgan fingerprint density at radius 3 is 3.10 bits per heavy atom. The summed E-state index contributed by atoms with van der Waals surface area (Å²) >= 11 is 0. The van der Waals surface area contributed by atoms with Crippen molar-refractivity contribution >= 4 is 22.1 Å². The van der Waals surface area contributed by atoms with Crippen LogP contribution in [0, 0.1) is 0 Å². The molecule has 0 saturated carbocycles. The summed E-state index contributed by atoms with van der Waals surface area (Å²) in [6, 6.07) is 2.14. The molecule has 1 aliphatic rings. The van der Waals surface area contributed by atoms with Crippen molar-refractivity contribution in [2.45, 2.75) is 18.9 Å². The van der Waals surface area contributed by atoms with E-state index in [-0.39, 0.29) is 11.6 Å². The number of pyridine rings is 1. The maximum absolute atomic E-state index is 12.3. The number of piperidine rings is 1. The van der Waals surface area contributed by atoms with Gasteiger partial charge in [0.05, 0.1) is 17.9 Å². The summed E-state index contributed by atoms with van der Waals surface area (Å²) in [5.41, 5.74) is 2.40. The Labute approximate surface area is 114 Å². The van der Waals surface area contributed by atoms with Crippen LogP contribution in [0.1, 0.15) is 18.9 Å². The van der Waals surface area contributed by atoms with Gasteiger partial charge in [-0.1, -0.05) is 0 Å². The highest BCUT2D eigenvalue weighted by molar-refractivity contribution is 6.00. The SMILES string of the molecule is O=c1cnc2cnc3[nH]ccc3c2n1C1CCCNC1. The molecule has 1 fully saturated rings. The number of hydrogen-bond acceptors (Lipinski definition) is 4. The molecule has 0 aliphatic carbocycles. The Kier molecular flexibility index (Phi) is 2.56. The zero-order valence-electron chi connectivity index (χ0n) is 11.0. The number of aromatic nitrogens is 4. The highest BCUT2D eigenvalue weighted by Crippen LogP contribution is 2.25. The van der Waals surface area contributed by atoms with Crippen molar-refractivity contribution in [2.24, 2.45) is 0 Å². The van der Waals surface area contributed by atoms with Crippen molar-refractivity contribution in [3.05, 3.63) is 35.0 Å². The van der Waals surface area contributed by atoms with Crippen LogP contribution in [-0.2, 0) is 0 Å². The monoisotopic (exact) mass is 269 g/mol. The van der Waals surface area contributed by atoms with Gasteiger partial charge in [-0.15, -0.1) is 0 Å². The van der Waals surface area contributed by atoms with E-state index in [9.17, 15) is 4.79 Å². The molecule has 1 atom stereocenters. The molecule has 0 radical (unpaired) electrons. The van der Waals surface area contributed by atoms with Gasteiger partial charge in [-0.3, -0.25) is 4.79 Å². The van der Waals surface area contributed by atoms with E-state index in [0.717, 1.165) is 48.0 Å². The number of nitrogens with one attached hydrogen (secondary N) is 2. The average molecular weight is 269 g/mol. The molecule has 0 bridgehead atoms. The van der Waals surface area contributed by atoms with E-state index in [1.54, 1.807) is 6.20 Å². The minimum absolute atomic E-state index is 0.0418. The van der Waals surface area contributed by atoms with Crippen LogP contribution in [0.2, 0.25) is 0 Å². The van der Waals surface area contributed by atoms with Crippen molar-refractivity contribution < 1.29 is 0 Å². The van der Waals surface area contributed by atoms with E-state index in [1.165, 1.54) is 6.20 Å². The van der Waals surface area contributed by atoms with E-state index < -0.39 is 0 Å². The molecule has 6 nitrogen and oxygen atoms in total. The molecule has 0 aromatic carbocycles. The lowest BCUT2D eigenvalue weighted by Crippen LogP contribution is -2.36. The molecule has 4 heterocycles. The number of aromatic amines is 1. The Hall–Kier alpha value is -2.21. The number of fused-ring (bicyclic) bond motifs is 3. The largest absolute Gasteiger partial charge is 0.346 e. The number of nitrogens with zero attached hydrogens (tertiary/aromatic N) is 3. The Balaban J connectivity index is 2.08. The van der Waals surface area contributed by atoms with Crippen LogP contribution in [0.15, 0.2) is 29.5 Å². The van der Waals surface area contributed by atoms with Gasteiger partial charge >= 0.3 is 0 Å². The topological polar surface area (TPSA) is 75.6 Å². The second-order valence-corrected chi connectivity index (χ2v) is 5.20. The maximum Gasteiger partial charge on any atom is 0.269 e. The van der Waals surface area contributed by atoms with Crippen molar-refractivity contribution in [3.8, 4) is 0 Å². The predicted octanol–water partition coefficient (Wildman–Crippen LogP) is 1.20. The fraction of sp³-hybridized carbons (Fsp3) is 0.357. The van der Waals surface area contributed by atoms with Crippen molar-refractivity contribution in [2.75, 3.05) is 13.1 Å². The van der Waals surface area contributed by atoms with E-state index in [0.29, 0.717) is 0 Å². The van der Waals surface area contributed by atoms with Crippen molar-refractivity contribution in [1.29, 1.82) is 0 Å². The molecule has 6 heteroatoms. The minimum Gasteiger partial charge on any atom is -0.346 e. The second-order valence-electron chi connectivity index (χ2n) is 5.20. The van der Waals surface area contributed by atoms with E-state index in [1.807, 2.05) is 16.8 Å². The van der Waals surface area contributed by atoms with E-state index >= 15 is 0 Å². The molecule has 3 aromatic rings. The summed E-state index contributed by atoms with van der Waals surface area (Å²) in [5, 5.41) is 4.32. The molecule has 4 rings (SSSR count). The molecule has 0 spiro atoms. The molecule has 1 aliphatic heterocycles. The number of hydrogen-bond donors (Lipinski definition) is 2. The second kappa shape index (κ2) is 4.42. The summed E-state index contributed by atoms with van der Waals surface area (Å²) in [4.78, 5) is 24.0. The van der Waals surface area contributed by atoms with Gasteiger partial charge in [-0.05, 0) is 25.5 Å². The predicted molar refractivity (Wildman–Crippen MR) is 76.8 cm³/mol. The Morgan fingerprint density at radius 1 is 1.30 bits per heavy atom. The standard InChI is InChI=1S/C14H15N5O/c20-12-8-17-11-7-18-14-10(3-5-16-14)13(11)19(12)9-2-1-4-15-6-9/h3,5,7-9,15H,1-2,4,6H2,(H,16,18). The first-order chi connectivity index (χ1) is 9.84. The van der Waals surface area contributed by atoms with Gasteiger partial charge in [0, 0.05) is 24.2 Å². The van der Waals surface area contributed by atoms with Gasteiger partial charge in [0.25, 0.3) is 5.56 Å². The lowest BCUT2D eigenvalue weighted by molar-refractivity contribution is 0.372. The first-order valence-electron chi connectivity index (χ1n) is 6.88. The van der Waals surface area contributed by atoms with Gasteiger partial charge < -0.3 is 14.9 Å². The summed E-state index contributed by atoms with van der Waals surface area (Å²) < 4.78 is 1.88. The molecule has 1 saturated heterocycles. The van der Waals surface area contributed by atoms with Gasteiger partial charge in [-0.25, -0.2) is 9.97 Å². The Morgan fingerprint density at radius 2 is 2.25 bits per heavy atom. The van der Waals surface area contributed by atoms with Crippen LogP contribution in [0.25, 0.3) is 22.1 Å². The zero-order valence-corrected chi connectivity index (χ0v) is 11.0. The third-order valence-electron chi connectivity index (χ3n) is 3.97. The van der Waals surface area contributed by atoms with Crippen molar-refractivity contribution in [1.82, 2.24) is 24.8 Å². The van der Waals surface area contributed by atoms with Gasteiger partial charge in [0.2, 0.25) is 0 Å². The van der Waals surface area contributed by atoms with Gasteiger partial charge in [0.1, 0.15) is 11.2 Å². The molecule has 2 N–H and O–H groups in total. The van der Waals surface area contributed by atoms with Gasteiger partial charge in [-0.2, -0.15) is 0 Å². The lowest BCUT2D eigenvalue weighted by atomic mass is 10.1. The van der Waals surface area contributed by atoms with Crippen LogP contribution in [0.5, 0.6) is 0 Å². The Bertz CT molecular complexity index is 828. The fourth-order valence-electron chi connectivity index (χ4n) is 3.04. The first kappa shape index (κ1) is 11.6. The molecule has 3 aromatic heterocycles. The highest BCUT2D eigenvalue weighted by Gasteiger charge is 2.20. The summed E-state index contributed by atoms with van der Waals surface area (Å²) in [7, 11) is 0. The molecule has 102 valence electrons. The smallest absolute Gasteiger partial charge is 0.269 e. The van der Waals surface area contributed by atoms with Gasteiger partial charge in [0.15, 0.2) is 0 Å². The maximum atomic E-state index is 12.3. The van der Waals surface area contributed by atoms with E-state index in [4.69, 9.17) is 0 Å². The zero-order chi connectivity index (χ0) is 13.5. The van der Waals surface area contributed by atoms with Crippen LogP contribution in [0.3, 0.4) is 0 Å². The summed E-state index contributed by atoms with van der Waals surface area (Å²) in [6.45, 7) is 1.85. The molecular formula is C14H15N5O. The van der Waals surface area contributed by atoms with Crippen LogP contribution in [-0.4, -0.2) is 32.6 Å². The number of rotatable bonds is 1. The first-order valence-corrected chi connectivity index (χ1v) is 6.88. The lowest BCUT2D eigenvalue weighted by Gasteiger charge is -2.26. The third kappa shape index (κ3) is 1.65. The summed E-state index contributed by atoms with van der Waals surface area (Å²) in [6.07, 6.45) is 7.07. The molecule has 1 unspecified atom stereocenters. The van der Waals surface area contributed by atoms with Crippen LogP contribution in [0.4, 0.5) is 0 Å². The molecular weight excluding hydrogens is 254 g/mol. The molecule has 20 heavy (non-hydrogen) atoms. The normalized spacial score (nSPS) is 19.7. The van der Waals surface area contributed by atoms with Crippen molar-refractivity contribution in [3.63, 3.8) is 0 Å². The van der Waals surface area contributed by atoms with Crippen LogP contribution >= 0.6 is 0 Å². The van der Waals surface area contributed by atoms with E-state index in [2.05, 4.69) is 20.3 Å². The third-order valence-corrected chi connectivity index (χ3v) is 3.97. The number of H-pyrrole nitrogens is 1. The minimum atomic E-state index is -0.0418. The summed E-state index contributed by atoms with van der Waals surface area (Å²) in [5.74, 6) is 0. The fourth-order valence-corrected chi connectivity index (χ4v) is 3.04. The quantitative estimate of drug-likeness (QED) is 0.696. The highest BCUT2D eigenvalue weighted by atomic mass is 16.1. The average Bonchev–Trinajstić information content (AvgIpc) is 2.96.